The maximum absolute atomic E-state index is 12.7. The SMILES string of the molecule is COC(=O)C/C=C(/Nc1ccc(Cl)cc1)C(F)(F)F. The Hall–Kier alpha value is -1.69. The van der Waals surface area contributed by atoms with Crippen LogP contribution in [0.15, 0.2) is 36.0 Å². The molecule has 0 aliphatic heterocycles. The van der Waals surface area contributed by atoms with Crippen molar-refractivity contribution in [3.05, 3.63) is 41.1 Å². The molecule has 0 radical (unpaired) electrons. The summed E-state index contributed by atoms with van der Waals surface area (Å²) in [7, 11) is 1.11. The molecule has 0 aromatic heterocycles. The van der Waals surface area contributed by atoms with Gasteiger partial charge in [0.2, 0.25) is 0 Å². The van der Waals surface area contributed by atoms with Gasteiger partial charge in [0.1, 0.15) is 5.70 Å². The van der Waals surface area contributed by atoms with Crippen molar-refractivity contribution < 1.29 is 22.7 Å². The predicted molar refractivity (Wildman–Crippen MR) is 65.8 cm³/mol. The van der Waals surface area contributed by atoms with Crippen LogP contribution in [0.2, 0.25) is 5.02 Å². The van der Waals surface area contributed by atoms with Gasteiger partial charge in [-0.1, -0.05) is 11.6 Å². The highest BCUT2D eigenvalue weighted by Gasteiger charge is 2.33. The van der Waals surface area contributed by atoms with Crippen LogP contribution < -0.4 is 5.32 Å². The number of anilines is 1. The van der Waals surface area contributed by atoms with Crippen LogP contribution in [0, 0.1) is 0 Å². The predicted octanol–water partition coefficient (Wildman–Crippen LogP) is 3.76. The fraction of sp³-hybridized carbons (Fsp3) is 0.250. The van der Waals surface area contributed by atoms with Gasteiger partial charge >= 0.3 is 12.1 Å². The van der Waals surface area contributed by atoms with Crippen LogP contribution in [0.5, 0.6) is 0 Å². The topological polar surface area (TPSA) is 38.3 Å². The zero-order valence-electron chi connectivity index (χ0n) is 9.92. The van der Waals surface area contributed by atoms with Crippen molar-refractivity contribution in [1.82, 2.24) is 0 Å². The Morgan fingerprint density at radius 2 is 1.95 bits per heavy atom. The van der Waals surface area contributed by atoms with E-state index in [9.17, 15) is 18.0 Å². The average molecular weight is 294 g/mol. The summed E-state index contributed by atoms with van der Waals surface area (Å²) in [6, 6.07) is 5.72. The molecule has 3 nitrogen and oxygen atoms in total. The normalized spacial score (nSPS) is 12.2. The van der Waals surface area contributed by atoms with Gasteiger partial charge in [-0.3, -0.25) is 4.79 Å². The summed E-state index contributed by atoms with van der Waals surface area (Å²) in [5.41, 5.74) is -0.807. The molecule has 104 valence electrons. The van der Waals surface area contributed by atoms with Crippen LogP contribution in [0.1, 0.15) is 6.42 Å². The number of hydrogen-bond acceptors (Lipinski definition) is 3. The zero-order valence-corrected chi connectivity index (χ0v) is 10.7. The molecule has 0 heterocycles. The molecule has 0 fully saturated rings. The quantitative estimate of drug-likeness (QED) is 0.859. The summed E-state index contributed by atoms with van der Waals surface area (Å²) < 4.78 is 42.5. The molecule has 1 rings (SSSR count). The molecule has 0 atom stereocenters. The molecule has 0 amide bonds. The van der Waals surface area contributed by atoms with Crippen LogP contribution >= 0.6 is 11.6 Å². The van der Waals surface area contributed by atoms with Crippen molar-refractivity contribution in [3.8, 4) is 0 Å². The lowest BCUT2D eigenvalue weighted by atomic mass is 10.2. The summed E-state index contributed by atoms with van der Waals surface area (Å²) in [6.07, 6.45) is -4.32. The van der Waals surface area contributed by atoms with E-state index in [2.05, 4.69) is 10.1 Å². The van der Waals surface area contributed by atoms with Crippen molar-refractivity contribution in [3.63, 3.8) is 0 Å². The molecule has 1 aromatic rings. The van der Waals surface area contributed by atoms with E-state index in [-0.39, 0.29) is 5.69 Å². The molecule has 19 heavy (non-hydrogen) atoms. The largest absolute Gasteiger partial charge is 0.469 e. The molecule has 0 saturated carbocycles. The lowest BCUT2D eigenvalue weighted by Crippen LogP contribution is -2.19. The summed E-state index contributed by atoms with van der Waals surface area (Å²) in [5.74, 6) is -0.750. The van der Waals surface area contributed by atoms with Gasteiger partial charge in [0, 0.05) is 10.7 Å². The van der Waals surface area contributed by atoms with Gasteiger partial charge in [0.05, 0.1) is 13.5 Å². The fourth-order valence-electron chi connectivity index (χ4n) is 1.20. The molecule has 1 N–H and O–H groups in total. The zero-order chi connectivity index (χ0) is 14.5. The Morgan fingerprint density at radius 1 is 1.37 bits per heavy atom. The van der Waals surface area contributed by atoms with Crippen LogP contribution in [0.25, 0.3) is 0 Å². The van der Waals surface area contributed by atoms with Crippen molar-refractivity contribution in [2.45, 2.75) is 12.6 Å². The molecule has 0 aliphatic carbocycles. The highest BCUT2D eigenvalue weighted by Crippen LogP contribution is 2.27. The average Bonchev–Trinajstić information content (AvgIpc) is 2.34. The first-order chi connectivity index (χ1) is 8.82. The molecule has 0 unspecified atom stereocenters. The number of carbonyl (C=O) groups excluding carboxylic acids is 1. The van der Waals surface area contributed by atoms with Crippen LogP contribution in [-0.4, -0.2) is 19.3 Å². The molecule has 0 bridgehead atoms. The summed E-state index contributed by atoms with van der Waals surface area (Å²) in [6.45, 7) is 0. The fourth-order valence-corrected chi connectivity index (χ4v) is 1.32. The van der Waals surface area contributed by atoms with Gasteiger partial charge in [-0.15, -0.1) is 0 Å². The minimum Gasteiger partial charge on any atom is -0.469 e. The smallest absolute Gasteiger partial charge is 0.430 e. The summed E-state index contributed by atoms with van der Waals surface area (Å²) in [4.78, 5) is 10.9. The number of alkyl halides is 3. The van der Waals surface area contributed by atoms with Crippen LogP contribution in [0.3, 0.4) is 0 Å². The van der Waals surface area contributed by atoms with E-state index in [1.165, 1.54) is 24.3 Å². The molecule has 7 heteroatoms. The Kier molecular flexibility index (Phi) is 5.23. The van der Waals surface area contributed by atoms with Gasteiger partial charge in [-0.2, -0.15) is 13.2 Å². The standard InChI is InChI=1S/C12H11ClF3NO2/c1-19-11(18)7-6-10(12(14,15)16)17-9-4-2-8(13)3-5-9/h2-6,17H,7H2,1H3/b10-6+. The molecule has 1 aromatic carbocycles. The lowest BCUT2D eigenvalue weighted by Gasteiger charge is -2.14. The number of hydrogen-bond donors (Lipinski definition) is 1. The Labute approximate surface area is 113 Å². The van der Waals surface area contributed by atoms with E-state index in [4.69, 9.17) is 11.6 Å². The van der Waals surface area contributed by atoms with E-state index in [0.717, 1.165) is 13.2 Å². The Morgan fingerprint density at radius 3 is 2.42 bits per heavy atom. The van der Waals surface area contributed by atoms with Gasteiger partial charge in [-0.25, -0.2) is 0 Å². The third kappa shape index (κ3) is 5.21. The monoisotopic (exact) mass is 293 g/mol. The molecule has 0 spiro atoms. The van der Waals surface area contributed by atoms with E-state index in [1.54, 1.807) is 0 Å². The summed E-state index contributed by atoms with van der Waals surface area (Å²) >= 11 is 5.63. The van der Waals surface area contributed by atoms with Crippen molar-refractivity contribution >= 4 is 23.3 Å². The molecular formula is C12H11ClF3NO2. The number of nitrogens with one attached hydrogen (secondary N) is 1. The van der Waals surface area contributed by atoms with Gasteiger partial charge in [-0.05, 0) is 30.3 Å². The van der Waals surface area contributed by atoms with Crippen LogP contribution in [0.4, 0.5) is 18.9 Å². The number of methoxy groups -OCH3 is 1. The second-order valence-electron chi connectivity index (χ2n) is 3.53. The first kappa shape index (κ1) is 15.4. The van der Waals surface area contributed by atoms with E-state index < -0.39 is 24.3 Å². The van der Waals surface area contributed by atoms with Crippen molar-refractivity contribution in [2.75, 3.05) is 12.4 Å². The molecule has 0 aliphatic rings. The number of rotatable bonds is 4. The number of benzene rings is 1. The minimum atomic E-state index is -4.59. The molecule has 0 saturated heterocycles. The first-order valence-corrected chi connectivity index (χ1v) is 5.57. The number of allylic oxidation sites excluding steroid dienone is 1. The lowest BCUT2D eigenvalue weighted by molar-refractivity contribution is -0.139. The third-order valence-electron chi connectivity index (χ3n) is 2.13. The first-order valence-electron chi connectivity index (χ1n) is 5.19. The Balaban J connectivity index is 2.86. The van der Waals surface area contributed by atoms with E-state index in [0.29, 0.717) is 5.02 Å². The second kappa shape index (κ2) is 6.47. The van der Waals surface area contributed by atoms with Gasteiger partial charge in [0.15, 0.2) is 0 Å². The number of carbonyl (C=O) groups is 1. The molecular weight excluding hydrogens is 283 g/mol. The maximum atomic E-state index is 12.7. The van der Waals surface area contributed by atoms with E-state index >= 15 is 0 Å². The number of halogens is 4. The maximum Gasteiger partial charge on any atom is 0.430 e. The second-order valence-corrected chi connectivity index (χ2v) is 3.96. The third-order valence-corrected chi connectivity index (χ3v) is 2.38. The van der Waals surface area contributed by atoms with Crippen molar-refractivity contribution in [1.29, 1.82) is 0 Å². The number of esters is 1. The minimum absolute atomic E-state index is 0.220. The van der Waals surface area contributed by atoms with Gasteiger partial charge in [0.25, 0.3) is 0 Å². The summed E-state index contributed by atoms with van der Waals surface area (Å²) in [5, 5.41) is 2.61. The van der Waals surface area contributed by atoms with E-state index in [1.807, 2.05) is 0 Å². The Bertz CT molecular complexity index is 469. The van der Waals surface area contributed by atoms with Crippen LogP contribution in [-0.2, 0) is 9.53 Å². The number of ether oxygens (including phenoxy) is 1. The van der Waals surface area contributed by atoms with Crippen molar-refractivity contribution in [2.24, 2.45) is 0 Å². The highest BCUT2D eigenvalue weighted by atomic mass is 35.5. The van der Waals surface area contributed by atoms with Gasteiger partial charge < -0.3 is 10.1 Å². The highest BCUT2D eigenvalue weighted by molar-refractivity contribution is 6.30.